The third-order valence-electron chi connectivity index (χ3n) is 6.23. The second-order valence-electron chi connectivity index (χ2n) is 8.93. The van der Waals surface area contributed by atoms with Gasteiger partial charge >= 0.3 is 0 Å². The van der Waals surface area contributed by atoms with Crippen molar-refractivity contribution >= 4 is 60.5 Å². The molecule has 198 valence electrons. The molecule has 0 saturated carbocycles. The molecular formula is C25H27BrN8O3S. The number of ether oxygens (including phenoxy) is 1. The van der Waals surface area contributed by atoms with Gasteiger partial charge in [-0.15, -0.1) is 0 Å². The van der Waals surface area contributed by atoms with E-state index >= 15 is 0 Å². The molecule has 0 saturated heterocycles. The average Bonchev–Trinajstić information content (AvgIpc) is 3.17. The lowest BCUT2D eigenvalue weighted by Crippen LogP contribution is -2.20. The lowest BCUT2D eigenvalue weighted by molar-refractivity contribution is 0.417. The van der Waals surface area contributed by atoms with Crippen LogP contribution in [0.4, 0.5) is 34.5 Å². The Balaban J connectivity index is 1.51. The first kappa shape index (κ1) is 25.8. The number of nitrogens with one attached hydrogen (secondary N) is 3. The first-order chi connectivity index (χ1) is 18.1. The van der Waals surface area contributed by atoms with Gasteiger partial charge in [-0.2, -0.15) is 10.1 Å². The average molecular weight is 600 g/mol. The van der Waals surface area contributed by atoms with Crippen LogP contribution in [0.1, 0.15) is 5.69 Å². The topological polar surface area (TPSA) is 126 Å². The SMILES string of the molecule is COc1cc2c(cc1Nc1ncc(Br)c(Nc3ccccc3NS(C)(=O)=O)n1)-c1cnn(C)c1CCN2C. The van der Waals surface area contributed by atoms with Crippen molar-refractivity contribution in [1.82, 2.24) is 19.7 Å². The minimum atomic E-state index is -3.46. The van der Waals surface area contributed by atoms with E-state index in [9.17, 15) is 8.42 Å². The molecule has 11 nitrogen and oxygen atoms in total. The molecule has 0 atom stereocenters. The molecule has 0 aliphatic carbocycles. The molecule has 3 heterocycles. The van der Waals surface area contributed by atoms with E-state index in [0.29, 0.717) is 39.1 Å². The van der Waals surface area contributed by atoms with Crippen LogP contribution in [0.2, 0.25) is 0 Å². The molecule has 2 aromatic heterocycles. The van der Waals surface area contributed by atoms with E-state index in [1.54, 1.807) is 37.6 Å². The lowest BCUT2D eigenvalue weighted by atomic mass is 10.0. The second kappa shape index (κ2) is 10.1. The van der Waals surface area contributed by atoms with Crippen LogP contribution in [0.15, 0.2) is 53.3 Å². The monoisotopic (exact) mass is 598 g/mol. The van der Waals surface area contributed by atoms with E-state index in [2.05, 4.69) is 58.3 Å². The molecule has 1 aliphatic rings. The van der Waals surface area contributed by atoms with Gasteiger partial charge in [0.05, 0.1) is 41.1 Å². The fourth-order valence-corrected chi connectivity index (χ4v) is 5.26. The number of methoxy groups -OCH3 is 1. The number of hydrogen-bond acceptors (Lipinski definition) is 9. The summed E-state index contributed by atoms with van der Waals surface area (Å²) in [6.45, 7) is 0.857. The Morgan fingerprint density at radius 2 is 1.79 bits per heavy atom. The van der Waals surface area contributed by atoms with Crippen molar-refractivity contribution in [3.63, 3.8) is 0 Å². The van der Waals surface area contributed by atoms with Gasteiger partial charge in [-0.25, -0.2) is 13.4 Å². The molecule has 0 fully saturated rings. The van der Waals surface area contributed by atoms with Crippen LogP contribution in [-0.2, 0) is 23.5 Å². The van der Waals surface area contributed by atoms with Gasteiger partial charge in [0.15, 0.2) is 0 Å². The van der Waals surface area contributed by atoms with Crippen molar-refractivity contribution in [2.45, 2.75) is 6.42 Å². The quantitative estimate of drug-likeness (QED) is 0.282. The first-order valence-corrected chi connectivity index (χ1v) is 14.4. The Morgan fingerprint density at radius 3 is 2.53 bits per heavy atom. The number of aromatic nitrogens is 4. The number of anilines is 6. The number of likely N-dealkylation sites (N-methyl/N-ethyl adjacent to an activating group) is 1. The van der Waals surface area contributed by atoms with Gasteiger partial charge in [0.2, 0.25) is 16.0 Å². The molecule has 3 N–H and O–H groups in total. The van der Waals surface area contributed by atoms with Gasteiger partial charge in [-0.1, -0.05) is 12.1 Å². The van der Waals surface area contributed by atoms with Crippen LogP contribution < -0.4 is 25.0 Å². The summed E-state index contributed by atoms with van der Waals surface area (Å²) in [7, 11) is 2.19. The summed E-state index contributed by atoms with van der Waals surface area (Å²) in [6, 6.07) is 11.0. The van der Waals surface area contributed by atoms with Gasteiger partial charge < -0.3 is 20.3 Å². The van der Waals surface area contributed by atoms with Gasteiger partial charge in [-0.3, -0.25) is 9.40 Å². The number of para-hydroxylation sites is 2. The van der Waals surface area contributed by atoms with Gasteiger partial charge in [0.25, 0.3) is 0 Å². The molecule has 13 heteroatoms. The maximum Gasteiger partial charge on any atom is 0.229 e. The number of sulfonamides is 1. The Kier molecular flexibility index (Phi) is 6.88. The normalized spacial score (nSPS) is 12.8. The molecule has 5 rings (SSSR count). The van der Waals surface area contributed by atoms with Crippen molar-refractivity contribution in [2.24, 2.45) is 7.05 Å². The van der Waals surface area contributed by atoms with Crippen LogP contribution >= 0.6 is 15.9 Å². The second-order valence-corrected chi connectivity index (χ2v) is 11.5. The Hall–Kier alpha value is -3.84. The Morgan fingerprint density at radius 1 is 1.03 bits per heavy atom. The first-order valence-electron chi connectivity index (χ1n) is 11.7. The van der Waals surface area contributed by atoms with E-state index in [1.165, 1.54) is 5.69 Å². The van der Waals surface area contributed by atoms with Crippen molar-refractivity contribution in [3.05, 3.63) is 59.0 Å². The zero-order valence-corrected chi connectivity index (χ0v) is 23.7. The molecule has 0 radical (unpaired) electrons. The molecule has 2 aromatic carbocycles. The summed E-state index contributed by atoms with van der Waals surface area (Å²) in [6.07, 6.45) is 5.49. The fourth-order valence-electron chi connectivity index (χ4n) is 4.39. The number of hydrogen-bond donors (Lipinski definition) is 3. The van der Waals surface area contributed by atoms with Gasteiger partial charge in [0, 0.05) is 61.8 Å². The van der Waals surface area contributed by atoms with Gasteiger partial charge in [0.1, 0.15) is 11.6 Å². The number of halogens is 1. The summed E-state index contributed by atoms with van der Waals surface area (Å²) in [5.74, 6) is 1.43. The van der Waals surface area contributed by atoms with Crippen molar-refractivity contribution in [3.8, 4) is 16.9 Å². The predicted molar refractivity (Wildman–Crippen MR) is 153 cm³/mol. The minimum Gasteiger partial charge on any atom is -0.494 e. The van der Waals surface area contributed by atoms with Crippen LogP contribution in [-0.4, -0.2) is 55.1 Å². The van der Waals surface area contributed by atoms with Crippen molar-refractivity contribution < 1.29 is 13.2 Å². The highest BCUT2D eigenvalue weighted by Crippen LogP contribution is 2.42. The minimum absolute atomic E-state index is 0.330. The van der Waals surface area contributed by atoms with E-state index < -0.39 is 10.0 Å². The largest absolute Gasteiger partial charge is 0.494 e. The number of fused-ring (bicyclic) bond motifs is 3. The van der Waals surface area contributed by atoms with Crippen molar-refractivity contribution in [1.29, 1.82) is 0 Å². The highest BCUT2D eigenvalue weighted by atomic mass is 79.9. The van der Waals surface area contributed by atoms with Crippen molar-refractivity contribution in [2.75, 3.05) is 47.2 Å². The standard InChI is InChI=1S/C25H27BrN8O3S/c1-33-10-9-21-16(13-28-34(21)2)15-11-20(23(37-3)12-22(15)33)30-25-27-14-17(26)24(31-25)29-18-7-5-6-8-19(18)32-38(4,35)36/h5-8,11-14,32H,9-10H2,1-4H3,(H2,27,29,30,31). The van der Waals surface area contributed by atoms with Crippen LogP contribution in [0, 0.1) is 0 Å². The number of nitrogens with zero attached hydrogens (tertiary/aromatic N) is 5. The van der Waals surface area contributed by atoms with E-state index in [1.807, 2.05) is 30.1 Å². The molecule has 0 unspecified atom stereocenters. The predicted octanol–water partition coefficient (Wildman–Crippen LogP) is 4.50. The van der Waals surface area contributed by atoms with E-state index in [-0.39, 0.29) is 0 Å². The van der Waals surface area contributed by atoms with Gasteiger partial charge in [-0.05, 0) is 34.1 Å². The third kappa shape index (κ3) is 5.24. The molecule has 0 bridgehead atoms. The molecular weight excluding hydrogens is 572 g/mol. The van der Waals surface area contributed by atoms with E-state index in [0.717, 1.165) is 36.0 Å². The molecule has 0 spiro atoms. The highest BCUT2D eigenvalue weighted by Gasteiger charge is 2.23. The fraction of sp³-hybridized carbons (Fsp3) is 0.240. The molecule has 4 aromatic rings. The molecule has 38 heavy (non-hydrogen) atoms. The maximum absolute atomic E-state index is 11.8. The van der Waals surface area contributed by atoms with Crippen LogP contribution in [0.3, 0.4) is 0 Å². The lowest BCUT2D eigenvalue weighted by Gasteiger charge is -2.22. The number of benzene rings is 2. The Bertz CT molecular complexity index is 1620. The summed E-state index contributed by atoms with van der Waals surface area (Å²) in [5.41, 5.74) is 5.97. The Labute approximate surface area is 229 Å². The summed E-state index contributed by atoms with van der Waals surface area (Å²) < 4.78 is 34.4. The molecule has 0 amide bonds. The summed E-state index contributed by atoms with van der Waals surface area (Å²) >= 11 is 3.48. The zero-order chi connectivity index (χ0) is 27.0. The summed E-state index contributed by atoms with van der Waals surface area (Å²) in [4.78, 5) is 11.3. The van der Waals surface area contributed by atoms with Crippen LogP contribution in [0.5, 0.6) is 5.75 Å². The van der Waals surface area contributed by atoms with Crippen LogP contribution in [0.25, 0.3) is 11.1 Å². The van der Waals surface area contributed by atoms with E-state index in [4.69, 9.17) is 4.74 Å². The maximum atomic E-state index is 11.8. The third-order valence-corrected chi connectivity index (χ3v) is 7.40. The number of rotatable bonds is 7. The number of aryl methyl sites for hydroxylation is 1. The molecule has 1 aliphatic heterocycles. The summed E-state index contributed by atoms with van der Waals surface area (Å²) in [5, 5.41) is 10.9. The smallest absolute Gasteiger partial charge is 0.229 e. The highest BCUT2D eigenvalue weighted by molar-refractivity contribution is 9.10. The zero-order valence-electron chi connectivity index (χ0n) is 21.3.